The van der Waals surface area contributed by atoms with Gasteiger partial charge in [0.2, 0.25) is 0 Å². The number of hydrogen-bond donors (Lipinski definition) is 1. The Bertz CT molecular complexity index is 758. The highest BCUT2D eigenvalue weighted by Crippen LogP contribution is 2.45. The Balaban J connectivity index is 1.17. The number of likely N-dealkylation sites (tertiary alicyclic amines) is 1. The zero-order valence-electron chi connectivity index (χ0n) is 18.2. The minimum absolute atomic E-state index is 0.0365. The molecule has 0 aromatic heterocycles. The van der Waals surface area contributed by atoms with Gasteiger partial charge in [-0.15, -0.1) is 0 Å². The van der Waals surface area contributed by atoms with E-state index in [9.17, 15) is 4.79 Å². The molecule has 0 unspecified atom stereocenters. The van der Waals surface area contributed by atoms with Crippen LogP contribution < -0.4 is 10.2 Å². The summed E-state index contributed by atoms with van der Waals surface area (Å²) in [4.78, 5) is 18.5. The molecule has 2 heterocycles. The van der Waals surface area contributed by atoms with E-state index in [0.29, 0.717) is 21.5 Å². The number of nitrogens with one attached hydrogen (secondary N) is 1. The molecule has 166 valence electrons. The maximum absolute atomic E-state index is 11.8. The smallest absolute Gasteiger partial charge is 0.317 e. The minimum Gasteiger partial charge on any atom is -0.369 e. The van der Waals surface area contributed by atoms with Gasteiger partial charge in [-0.25, -0.2) is 4.79 Å². The molecule has 0 atom stereocenters. The van der Waals surface area contributed by atoms with Gasteiger partial charge in [0.1, 0.15) is 0 Å². The Morgan fingerprint density at radius 3 is 2.60 bits per heavy atom. The molecular formula is C23H34Cl2N4O. The Kier molecular flexibility index (Phi) is 6.71. The topological polar surface area (TPSA) is 38.8 Å². The van der Waals surface area contributed by atoms with Gasteiger partial charge in [-0.05, 0) is 69.7 Å². The van der Waals surface area contributed by atoms with Gasteiger partial charge in [0, 0.05) is 45.2 Å². The molecule has 2 aliphatic heterocycles. The van der Waals surface area contributed by atoms with Crippen LogP contribution in [0.4, 0.5) is 10.5 Å². The van der Waals surface area contributed by atoms with E-state index >= 15 is 0 Å². The van der Waals surface area contributed by atoms with Crippen LogP contribution in [0.3, 0.4) is 0 Å². The Labute approximate surface area is 190 Å². The summed E-state index contributed by atoms with van der Waals surface area (Å²) in [5.41, 5.74) is 1.51. The van der Waals surface area contributed by atoms with Gasteiger partial charge in [0.25, 0.3) is 0 Å². The lowest BCUT2D eigenvalue weighted by Crippen LogP contribution is -2.57. The average molecular weight is 453 g/mol. The summed E-state index contributed by atoms with van der Waals surface area (Å²) in [6.45, 7) is 5.79. The number of urea groups is 1. The number of nitrogens with zero attached hydrogens (tertiary/aromatic N) is 3. The highest BCUT2D eigenvalue weighted by Gasteiger charge is 2.47. The van der Waals surface area contributed by atoms with Crippen LogP contribution in [0.5, 0.6) is 0 Å². The van der Waals surface area contributed by atoms with Crippen molar-refractivity contribution in [3.05, 3.63) is 28.2 Å². The first kappa shape index (κ1) is 22.0. The second kappa shape index (κ2) is 9.13. The quantitative estimate of drug-likeness (QED) is 0.701. The van der Waals surface area contributed by atoms with Gasteiger partial charge < -0.3 is 20.0 Å². The van der Waals surface area contributed by atoms with E-state index in [2.05, 4.69) is 21.2 Å². The number of benzene rings is 1. The van der Waals surface area contributed by atoms with Crippen LogP contribution in [0.25, 0.3) is 0 Å². The van der Waals surface area contributed by atoms with Crippen LogP contribution >= 0.6 is 23.2 Å². The minimum atomic E-state index is 0.0365. The van der Waals surface area contributed by atoms with E-state index in [4.69, 9.17) is 23.2 Å². The van der Waals surface area contributed by atoms with Crippen molar-refractivity contribution < 1.29 is 4.79 Å². The van der Waals surface area contributed by atoms with Crippen molar-refractivity contribution in [1.29, 1.82) is 0 Å². The summed E-state index contributed by atoms with van der Waals surface area (Å²) in [6.07, 6.45) is 7.27. The summed E-state index contributed by atoms with van der Waals surface area (Å²) in [5, 5.41) is 4.46. The second-order valence-electron chi connectivity index (χ2n) is 9.81. The Hall–Kier alpha value is -1.17. The molecule has 3 aliphatic rings. The number of amides is 2. The molecule has 1 saturated carbocycles. The van der Waals surface area contributed by atoms with E-state index in [1.54, 1.807) is 19.0 Å². The van der Waals surface area contributed by atoms with Crippen molar-refractivity contribution in [3.63, 3.8) is 0 Å². The van der Waals surface area contributed by atoms with E-state index in [1.807, 2.05) is 12.1 Å². The fourth-order valence-corrected chi connectivity index (χ4v) is 5.83. The number of halogens is 2. The van der Waals surface area contributed by atoms with E-state index in [1.165, 1.54) is 45.3 Å². The van der Waals surface area contributed by atoms with E-state index in [-0.39, 0.29) is 6.03 Å². The number of carbonyl (C=O) groups is 1. The normalized spacial score (nSPS) is 25.9. The van der Waals surface area contributed by atoms with Gasteiger partial charge in [-0.2, -0.15) is 0 Å². The highest BCUT2D eigenvalue weighted by atomic mass is 35.5. The van der Waals surface area contributed by atoms with Crippen molar-refractivity contribution in [3.8, 4) is 0 Å². The molecule has 1 aromatic carbocycles. The molecular weight excluding hydrogens is 419 g/mol. The molecule has 3 fully saturated rings. The molecule has 1 spiro atoms. The molecule has 5 nitrogen and oxygen atoms in total. The number of carbonyl (C=O) groups excluding carboxylic acids is 1. The predicted molar refractivity (Wildman–Crippen MR) is 125 cm³/mol. The van der Waals surface area contributed by atoms with Crippen molar-refractivity contribution in [1.82, 2.24) is 15.1 Å². The first-order valence-electron chi connectivity index (χ1n) is 11.2. The average Bonchev–Trinajstić information content (AvgIpc) is 3.13. The fraction of sp³-hybridized carbons (Fsp3) is 0.696. The predicted octanol–water partition coefficient (Wildman–Crippen LogP) is 4.73. The summed E-state index contributed by atoms with van der Waals surface area (Å²) < 4.78 is 0. The molecule has 0 radical (unpaired) electrons. The van der Waals surface area contributed by atoms with Gasteiger partial charge in [-0.1, -0.05) is 29.3 Å². The van der Waals surface area contributed by atoms with Crippen molar-refractivity contribution in [2.24, 2.45) is 11.3 Å². The Morgan fingerprint density at radius 2 is 1.90 bits per heavy atom. The van der Waals surface area contributed by atoms with Crippen molar-refractivity contribution in [2.75, 3.05) is 51.7 Å². The second-order valence-corrected chi connectivity index (χ2v) is 10.6. The fourth-order valence-electron chi connectivity index (χ4n) is 5.41. The third kappa shape index (κ3) is 4.84. The van der Waals surface area contributed by atoms with Crippen molar-refractivity contribution in [2.45, 2.75) is 44.6 Å². The van der Waals surface area contributed by atoms with Gasteiger partial charge in [0.15, 0.2) is 0 Å². The summed E-state index contributed by atoms with van der Waals surface area (Å²) in [5.74, 6) is 0.803. The van der Waals surface area contributed by atoms with Gasteiger partial charge in [-0.3, -0.25) is 0 Å². The maximum atomic E-state index is 11.8. The molecule has 0 bridgehead atoms. The maximum Gasteiger partial charge on any atom is 0.317 e. The molecule has 2 amide bonds. The number of rotatable bonds is 5. The SMILES string of the molecule is CN(C)C(=O)NC1CCC(CCN2CCC3(C2)CN(c2cccc(Cl)c2Cl)C3)CC1. The van der Waals surface area contributed by atoms with Crippen LogP contribution in [0.1, 0.15) is 38.5 Å². The van der Waals surface area contributed by atoms with Crippen LogP contribution in [0.2, 0.25) is 10.0 Å². The summed E-state index contributed by atoms with van der Waals surface area (Å²) >= 11 is 12.6. The zero-order valence-corrected chi connectivity index (χ0v) is 19.7. The standard InChI is InChI=1S/C23H34Cl2N4O/c1-27(2)22(30)26-18-8-6-17(7-9-18)10-12-28-13-11-23(14-28)15-29(16-23)20-5-3-4-19(24)21(20)25/h3-5,17-18H,6-16H2,1-2H3,(H,26,30). The molecule has 1 N–H and O–H groups in total. The summed E-state index contributed by atoms with van der Waals surface area (Å²) in [7, 11) is 3.60. The number of anilines is 1. The third-order valence-corrected chi connectivity index (χ3v) is 8.08. The van der Waals surface area contributed by atoms with Crippen LogP contribution in [0, 0.1) is 11.3 Å². The molecule has 4 rings (SSSR count). The lowest BCUT2D eigenvalue weighted by molar-refractivity contribution is 0.187. The molecule has 7 heteroatoms. The van der Waals surface area contributed by atoms with Crippen LogP contribution in [-0.2, 0) is 0 Å². The molecule has 1 aliphatic carbocycles. The lowest BCUT2D eigenvalue weighted by Gasteiger charge is -2.50. The van der Waals surface area contributed by atoms with E-state index in [0.717, 1.165) is 37.5 Å². The van der Waals surface area contributed by atoms with Gasteiger partial charge >= 0.3 is 6.03 Å². The van der Waals surface area contributed by atoms with E-state index < -0.39 is 0 Å². The largest absolute Gasteiger partial charge is 0.369 e. The van der Waals surface area contributed by atoms with Crippen molar-refractivity contribution >= 4 is 34.9 Å². The molecule has 1 aromatic rings. The third-order valence-electron chi connectivity index (χ3n) is 7.28. The van der Waals surface area contributed by atoms with Crippen LogP contribution in [-0.4, -0.2) is 68.7 Å². The van der Waals surface area contributed by atoms with Gasteiger partial charge in [0.05, 0.1) is 15.7 Å². The lowest BCUT2D eigenvalue weighted by atomic mass is 9.78. The number of hydrogen-bond acceptors (Lipinski definition) is 3. The first-order chi connectivity index (χ1) is 14.3. The molecule has 2 saturated heterocycles. The Morgan fingerprint density at radius 1 is 1.17 bits per heavy atom. The van der Waals surface area contributed by atoms with Crippen LogP contribution in [0.15, 0.2) is 18.2 Å². The zero-order chi connectivity index (χ0) is 21.3. The summed E-state index contributed by atoms with van der Waals surface area (Å²) in [6, 6.07) is 6.30. The highest BCUT2D eigenvalue weighted by molar-refractivity contribution is 6.43. The monoisotopic (exact) mass is 452 g/mol. The molecule has 30 heavy (non-hydrogen) atoms. The first-order valence-corrected chi connectivity index (χ1v) is 12.0.